The zero-order valence-electron chi connectivity index (χ0n) is 12.2. The van der Waals surface area contributed by atoms with Crippen LogP contribution in [0.2, 0.25) is 10.0 Å². The first-order valence-corrected chi connectivity index (χ1v) is 7.66. The van der Waals surface area contributed by atoms with Gasteiger partial charge in [-0.3, -0.25) is 0 Å². The van der Waals surface area contributed by atoms with Gasteiger partial charge in [-0.1, -0.05) is 42.3 Å². The van der Waals surface area contributed by atoms with Gasteiger partial charge in [0.05, 0.1) is 10.0 Å². The third-order valence-electron chi connectivity index (χ3n) is 3.07. The van der Waals surface area contributed by atoms with Gasteiger partial charge in [-0.2, -0.15) is 0 Å². The highest BCUT2D eigenvalue weighted by molar-refractivity contribution is 6.37. The van der Waals surface area contributed by atoms with E-state index in [-0.39, 0.29) is 0 Å². The van der Waals surface area contributed by atoms with Crippen molar-refractivity contribution in [2.45, 2.75) is 20.3 Å². The first-order chi connectivity index (χ1) is 10.1. The summed E-state index contributed by atoms with van der Waals surface area (Å²) in [6.07, 6.45) is 1.02. The van der Waals surface area contributed by atoms with E-state index in [9.17, 15) is 0 Å². The van der Waals surface area contributed by atoms with E-state index < -0.39 is 0 Å². The molecule has 0 saturated heterocycles. The molecule has 0 aliphatic rings. The Bertz CT molecular complexity index is 571. The maximum Gasteiger partial charge on any atom is 0.156 e. The highest BCUT2D eigenvalue weighted by atomic mass is 35.5. The van der Waals surface area contributed by atoms with Gasteiger partial charge in [0.1, 0.15) is 19.0 Å². The van der Waals surface area contributed by atoms with Gasteiger partial charge in [0.2, 0.25) is 0 Å². The number of hydrogen-bond donors (Lipinski definition) is 0. The third-order valence-corrected chi connectivity index (χ3v) is 3.63. The normalized spacial score (nSPS) is 10.5. The van der Waals surface area contributed by atoms with E-state index in [2.05, 4.69) is 19.1 Å². The molecular weight excluding hydrogens is 307 g/mol. The topological polar surface area (TPSA) is 18.5 Å². The smallest absolute Gasteiger partial charge is 0.156 e. The summed E-state index contributed by atoms with van der Waals surface area (Å²) in [4.78, 5) is 0. The lowest BCUT2D eigenvalue weighted by molar-refractivity contribution is 0.217. The molecule has 21 heavy (non-hydrogen) atoms. The number of hydrogen-bond acceptors (Lipinski definition) is 2. The summed E-state index contributed by atoms with van der Waals surface area (Å²) in [6, 6.07) is 11.7. The van der Waals surface area contributed by atoms with E-state index in [1.165, 1.54) is 5.56 Å². The van der Waals surface area contributed by atoms with E-state index in [1.54, 1.807) is 0 Å². The second-order valence-corrected chi connectivity index (χ2v) is 5.57. The molecule has 0 bridgehead atoms. The van der Waals surface area contributed by atoms with E-state index >= 15 is 0 Å². The Hall–Kier alpha value is -1.38. The number of halogens is 2. The quantitative estimate of drug-likeness (QED) is 0.669. The highest BCUT2D eigenvalue weighted by Crippen LogP contribution is 2.33. The van der Waals surface area contributed by atoms with Gasteiger partial charge < -0.3 is 9.47 Å². The van der Waals surface area contributed by atoms with Crippen LogP contribution in [-0.2, 0) is 6.42 Å². The zero-order chi connectivity index (χ0) is 15.2. The Morgan fingerprint density at radius 2 is 1.48 bits per heavy atom. The Balaban J connectivity index is 1.84. The van der Waals surface area contributed by atoms with Gasteiger partial charge in [0.15, 0.2) is 5.75 Å². The van der Waals surface area contributed by atoms with Gasteiger partial charge >= 0.3 is 0 Å². The summed E-state index contributed by atoms with van der Waals surface area (Å²) in [5.41, 5.74) is 2.29. The van der Waals surface area contributed by atoms with Crippen molar-refractivity contribution in [1.82, 2.24) is 0 Å². The molecule has 0 N–H and O–H groups in total. The Kier molecular flexibility index (Phi) is 5.77. The van der Waals surface area contributed by atoms with Crippen molar-refractivity contribution in [3.63, 3.8) is 0 Å². The molecule has 0 spiro atoms. The molecular formula is C17H18Cl2O2. The molecule has 0 fully saturated rings. The minimum absolute atomic E-state index is 0.387. The number of rotatable bonds is 6. The lowest BCUT2D eigenvalue weighted by atomic mass is 10.2. The van der Waals surface area contributed by atoms with Crippen LogP contribution >= 0.6 is 23.2 Å². The summed E-state index contributed by atoms with van der Waals surface area (Å²) < 4.78 is 11.2. The van der Waals surface area contributed by atoms with Crippen molar-refractivity contribution in [1.29, 1.82) is 0 Å². The standard InChI is InChI=1S/C17H18Cl2O2/c1-3-13-4-6-14(7-5-13)20-8-9-21-17-15(18)10-12(2)11-16(17)19/h4-7,10-11H,3,8-9H2,1-2H3. The number of aryl methyl sites for hydroxylation is 2. The van der Waals surface area contributed by atoms with E-state index in [0.717, 1.165) is 17.7 Å². The largest absolute Gasteiger partial charge is 0.490 e. The fourth-order valence-electron chi connectivity index (χ4n) is 1.95. The minimum atomic E-state index is 0.387. The molecule has 0 aromatic heterocycles. The Morgan fingerprint density at radius 1 is 0.905 bits per heavy atom. The summed E-state index contributed by atoms with van der Waals surface area (Å²) in [5, 5.41) is 1.04. The highest BCUT2D eigenvalue weighted by Gasteiger charge is 2.08. The van der Waals surface area contributed by atoms with Crippen LogP contribution in [0.1, 0.15) is 18.1 Å². The number of benzene rings is 2. The van der Waals surface area contributed by atoms with Gasteiger partial charge in [0.25, 0.3) is 0 Å². The van der Waals surface area contributed by atoms with Crippen LogP contribution in [0.3, 0.4) is 0 Å². The molecule has 2 nitrogen and oxygen atoms in total. The predicted molar refractivity (Wildman–Crippen MR) is 88.0 cm³/mol. The molecule has 0 unspecified atom stereocenters. The monoisotopic (exact) mass is 324 g/mol. The second kappa shape index (κ2) is 7.58. The average molecular weight is 325 g/mol. The maximum atomic E-state index is 6.11. The molecule has 0 saturated carbocycles. The molecule has 112 valence electrons. The van der Waals surface area contributed by atoms with E-state index in [0.29, 0.717) is 29.0 Å². The van der Waals surface area contributed by atoms with Gasteiger partial charge in [-0.25, -0.2) is 0 Å². The lowest BCUT2D eigenvalue weighted by Gasteiger charge is -2.11. The van der Waals surface area contributed by atoms with Crippen molar-refractivity contribution in [3.05, 3.63) is 57.6 Å². The molecule has 4 heteroatoms. The van der Waals surface area contributed by atoms with Crippen molar-refractivity contribution in [3.8, 4) is 11.5 Å². The molecule has 2 rings (SSSR count). The first kappa shape index (κ1) is 16.0. The van der Waals surface area contributed by atoms with Crippen molar-refractivity contribution in [2.24, 2.45) is 0 Å². The van der Waals surface area contributed by atoms with Gasteiger partial charge in [0, 0.05) is 0 Å². The van der Waals surface area contributed by atoms with Crippen LogP contribution in [0.5, 0.6) is 11.5 Å². The average Bonchev–Trinajstić information content (AvgIpc) is 2.46. The van der Waals surface area contributed by atoms with E-state index in [1.807, 2.05) is 31.2 Å². The third kappa shape index (κ3) is 4.55. The lowest BCUT2D eigenvalue weighted by Crippen LogP contribution is -2.09. The molecule has 0 aliphatic heterocycles. The van der Waals surface area contributed by atoms with E-state index in [4.69, 9.17) is 32.7 Å². The maximum absolute atomic E-state index is 6.11. The Labute approximate surface area is 135 Å². The van der Waals surface area contributed by atoms with Crippen molar-refractivity contribution >= 4 is 23.2 Å². The van der Waals surface area contributed by atoms with Gasteiger partial charge in [-0.15, -0.1) is 0 Å². The summed E-state index contributed by atoms with van der Waals surface area (Å²) >= 11 is 12.2. The molecule has 0 radical (unpaired) electrons. The first-order valence-electron chi connectivity index (χ1n) is 6.90. The molecule has 2 aromatic rings. The van der Waals surface area contributed by atoms with Crippen LogP contribution < -0.4 is 9.47 Å². The number of ether oxygens (including phenoxy) is 2. The van der Waals surface area contributed by atoms with Crippen LogP contribution in [0.25, 0.3) is 0 Å². The molecule has 0 heterocycles. The molecule has 2 aromatic carbocycles. The zero-order valence-corrected chi connectivity index (χ0v) is 13.7. The SMILES string of the molecule is CCc1ccc(OCCOc2c(Cl)cc(C)cc2Cl)cc1. The molecule has 0 atom stereocenters. The van der Waals surface area contributed by atoms with Crippen LogP contribution in [-0.4, -0.2) is 13.2 Å². The fourth-order valence-corrected chi connectivity index (χ4v) is 2.65. The summed E-state index contributed by atoms with van der Waals surface area (Å²) in [6.45, 7) is 4.88. The van der Waals surface area contributed by atoms with Crippen LogP contribution in [0, 0.1) is 6.92 Å². The minimum Gasteiger partial charge on any atom is -0.490 e. The van der Waals surface area contributed by atoms with Crippen molar-refractivity contribution < 1.29 is 9.47 Å². The Morgan fingerprint density at radius 3 is 2.05 bits per heavy atom. The van der Waals surface area contributed by atoms with Crippen LogP contribution in [0.15, 0.2) is 36.4 Å². The summed E-state index contributed by atoms with van der Waals surface area (Å²) in [5.74, 6) is 1.34. The fraction of sp³-hybridized carbons (Fsp3) is 0.294. The van der Waals surface area contributed by atoms with Crippen LogP contribution in [0.4, 0.5) is 0 Å². The molecule has 0 aliphatic carbocycles. The van der Waals surface area contributed by atoms with Crippen molar-refractivity contribution in [2.75, 3.05) is 13.2 Å². The second-order valence-electron chi connectivity index (χ2n) is 4.75. The van der Waals surface area contributed by atoms with Gasteiger partial charge in [-0.05, 0) is 48.7 Å². The summed E-state index contributed by atoms with van der Waals surface area (Å²) in [7, 11) is 0. The molecule has 0 amide bonds. The predicted octanol–water partition coefficient (Wildman–Crippen LogP) is 5.32.